The average molecular weight is 238 g/mol. The van der Waals surface area contributed by atoms with Crippen molar-refractivity contribution in [1.29, 1.82) is 0 Å². The molecule has 0 aliphatic rings. The Morgan fingerprint density at radius 1 is 1.17 bits per heavy atom. The van der Waals surface area contributed by atoms with Crippen LogP contribution in [0.25, 0.3) is 10.9 Å². The van der Waals surface area contributed by atoms with E-state index in [4.69, 9.17) is 0 Å². The Morgan fingerprint density at radius 3 is 2.89 bits per heavy atom. The van der Waals surface area contributed by atoms with Crippen LogP contribution in [-0.4, -0.2) is 15.0 Å². The summed E-state index contributed by atoms with van der Waals surface area (Å²) in [6.45, 7) is 2.67. The lowest BCUT2D eigenvalue weighted by molar-refractivity contribution is 1.05. The zero-order valence-electron chi connectivity index (χ0n) is 10.1. The number of aromatic amines is 1. The molecule has 0 saturated carbocycles. The number of rotatable bonds is 3. The van der Waals surface area contributed by atoms with E-state index in [2.05, 4.69) is 32.4 Å². The van der Waals surface area contributed by atoms with E-state index in [0.29, 0.717) is 0 Å². The van der Waals surface area contributed by atoms with Crippen LogP contribution in [-0.2, 0) is 6.54 Å². The van der Waals surface area contributed by atoms with Crippen LogP contribution in [0, 0.1) is 6.92 Å². The van der Waals surface area contributed by atoms with Gasteiger partial charge in [-0.15, -0.1) is 0 Å². The highest BCUT2D eigenvalue weighted by Gasteiger charge is 1.99. The zero-order valence-corrected chi connectivity index (χ0v) is 10.1. The summed E-state index contributed by atoms with van der Waals surface area (Å²) in [5, 5.41) is 4.47. The molecule has 0 spiro atoms. The summed E-state index contributed by atoms with van der Waals surface area (Å²) in [5.74, 6) is 0.934. The molecule has 1 aromatic carbocycles. The molecule has 2 N–H and O–H groups in total. The van der Waals surface area contributed by atoms with Crippen molar-refractivity contribution in [2.75, 3.05) is 5.32 Å². The second-order valence-electron chi connectivity index (χ2n) is 4.26. The number of imidazole rings is 1. The van der Waals surface area contributed by atoms with Crippen molar-refractivity contribution in [2.45, 2.75) is 13.5 Å². The Balaban J connectivity index is 1.78. The highest BCUT2D eigenvalue weighted by molar-refractivity contribution is 5.81. The van der Waals surface area contributed by atoms with Crippen molar-refractivity contribution >= 4 is 16.6 Å². The highest BCUT2D eigenvalue weighted by atomic mass is 15.0. The van der Waals surface area contributed by atoms with E-state index in [1.54, 1.807) is 0 Å². The lowest BCUT2D eigenvalue weighted by Crippen LogP contribution is -2.00. The Labute approximate surface area is 105 Å². The summed E-state index contributed by atoms with van der Waals surface area (Å²) in [4.78, 5) is 11.8. The van der Waals surface area contributed by atoms with Crippen LogP contribution in [0.3, 0.4) is 0 Å². The lowest BCUT2D eigenvalue weighted by atomic mass is 10.2. The Hall–Kier alpha value is -2.36. The average Bonchev–Trinajstić information content (AvgIpc) is 2.82. The third-order valence-corrected chi connectivity index (χ3v) is 2.83. The van der Waals surface area contributed by atoms with Gasteiger partial charge in [-0.25, -0.2) is 4.98 Å². The SMILES string of the molecule is Cc1ncc(CNc2cnc3ccccc3c2)[nH]1. The van der Waals surface area contributed by atoms with Crippen LogP contribution < -0.4 is 5.32 Å². The lowest BCUT2D eigenvalue weighted by Gasteiger charge is -2.05. The molecule has 2 aromatic heterocycles. The molecule has 3 aromatic rings. The Morgan fingerprint density at radius 2 is 2.06 bits per heavy atom. The van der Waals surface area contributed by atoms with Crippen molar-refractivity contribution in [3.05, 3.63) is 54.2 Å². The van der Waals surface area contributed by atoms with Gasteiger partial charge in [0.25, 0.3) is 0 Å². The molecule has 4 nitrogen and oxygen atoms in total. The normalized spacial score (nSPS) is 10.7. The van der Waals surface area contributed by atoms with Gasteiger partial charge < -0.3 is 10.3 Å². The largest absolute Gasteiger partial charge is 0.378 e. The number of hydrogen-bond acceptors (Lipinski definition) is 3. The van der Waals surface area contributed by atoms with Gasteiger partial charge in [0, 0.05) is 5.39 Å². The number of aromatic nitrogens is 3. The number of nitrogens with zero attached hydrogens (tertiary/aromatic N) is 2. The standard InChI is InChI=1S/C14H14N4/c1-10-15-8-13(18-10)9-16-12-6-11-4-2-3-5-14(11)17-7-12/h2-8,16H,9H2,1H3,(H,15,18). The number of fused-ring (bicyclic) bond motifs is 1. The summed E-state index contributed by atoms with van der Waals surface area (Å²) in [6.07, 6.45) is 3.70. The van der Waals surface area contributed by atoms with Crippen LogP contribution >= 0.6 is 0 Å². The van der Waals surface area contributed by atoms with E-state index in [1.807, 2.05) is 37.5 Å². The van der Waals surface area contributed by atoms with E-state index in [9.17, 15) is 0 Å². The van der Waals surface area contributed by atoms with Gasteiger partial charge in [-0.2, -0.15) is 0 Å². The van der Waals surface area contributed by atoms with Gasteiger partial charge in [0.1, 0.15) is 5.82 Å². The van der Waals surface area contributed by atoms with E-state index < -0.39 is 0 Å². The minimum Gasteiger partial charge on any atom is -0.378 e. The minimum atomic E-state index is 0.723. The predicted octanol–water partition coefficient (Wildman–Crippen LogP) is 2.88. The third kappa shape index (κ3) is 2.18. The summed E-state index contributed by atoms with van der Waals surface area (Å²) in [7, 11) is 0. The van der Waals surface area contributed by atoms with Crippen molar-refractivity contribution in [3.8, 4) is 0 Å². The van der Waals surface area contributed by atoms with Crippen molar-refractivity contribution < 1.29 is 0 Å². The molecule has 0 saturated heterocycles. The molecule has 0 atom stereocenters. The molecule has 0 unspecified atom stereocenters. The third-order valence-electron chi connectivity index (χ3n) is 2.83. The second kappa shape index (κ2) is 4.49. The number of aryl methyl sites for hydroxylation is 1. The van der Waals surface area contributed by atoms with Crippen LogP contribution in [0.1, 0.15) is 11.5 Å². The van der Waals surface area contributed by atoms with Crippen LogP contribution in [0.2, 0.25) is 0 Å². The minimum absolute atomic E-state index is 0.723. The van der Waals surface area contributed by atoms with Crippen molar-refractivity contribution in [2.24, 2.45) is 0 Å². The Kier molecular flexibility index (Phi) is 2.68. The van der Waals surface area contributed by atoms with Gasteiger partial charge in [-0.1, -0.05) is 18.2 Å². The summed E-state index contributed by atoms with van der Waals surface area (Å²) in [5.41, 5.74) is 3.10. The van der Waals surface area contributed by atoms with Gasteiger partial charge in [-0.3, -0.25) is 4.98 Å². The molecule has 0 radical (unpaired) electrons. The first-order valence-corrected chi connectivity index (χ1v) is 5.90. The predicted molar refractivity (Wildman–Crippen MR) is 72.4 cm³/mol. The Bertz CT molecular complexity index is 672. The maximum absolute atomic E-state index is 4.41. The smallest absolute Gasteiger partial charge is 0.103 e. The van der Waals surface area contributed by atoms with Gasteiger partial charge in [-0.05, 0) is 19.1 Å². The molecular weight excluding hydrogens is 224 g/mol. The monoisotopic (exact) mass is 238 g/mol. The quantitative estimate of drug-likeness (QED) is 0.737. The highest BCUT2D eigenvalue weighted by Crippen LogP contribution is 2.16. The first kappa shape index (κ1) is 10.8. The molecule has 0 bridgehead atoms. The number of anilines is 1. The van der Waals surface area contributed by atoms with E-state index in [0.717, 1.165) is 34.7 Å². The number of hydrogen-bond donors (Lipinski definition) is 2. The molecule has 4 heteroatoms. The molecular formula is C14H14N4. The fourth-order valence-electron chi connectivity index (χ4n) is 1.93. The van der Waals surface area contributed by atoms with Crippen LogP contribution in [0.4, 0.5) is 5.69 Å². The van der Waals surface area contributed by atoms with E-state index >= 15 is 0 Å². The van der Waals surface area contributed by atoms with Crippen molar-refractivity contribution in [1.82, 2.24) is 15.0 Å². The molecule has 0 amide bonds. The van der Waals surface area contributed by atoms with E-state index in [1.165, 1.54) is 0 Å². The van der Waals surface area contributed by atoms with Crippen LogP contribution in [0.5, 0.6) is 0 Å². The summed E-state index contributed by atoms with van der Waals surface area (Å²) >= 11 is 0. The fraction of sp³-hybridized carbons (Fsp3) is 0.143. The number of benzene rings is 1. The molecule has 90 valence electrons. The second-order valence-corrected chi connectivity index (χ2v) is 4.26. The molecule has 0 fully saturated rings. The molecule has 0 aliphatic carbocycles. The molecule has 2 heterocycles. The van der Waals surface area contributed by atoms with E-state index in [-0.39, 0.29) is 0 Å². The van der Waals surface area contributed by atoms with Gasteiger partial charge in [0.15, 0.2) is 0 Å². The fourth-order valence-corrected chi connectivity index (χ4v) is 1.93. The van der Waals surface area contributed by atoms with Gasteiger partial charge in [0.05, 0.1) is 35.8 Å². The first-order valence-electron chi connectivity index (χ1n) is 5.90. The summed E-state index contributed by atoms with van der Waals surface area (Å²) in [6, 6.07) is 10.2. The maximum Gasteiger partial charge on any atom is 0.103 e. The topological polar surface area (TPSA) is 53.6 Å². The first-order chi connectivity index (χ1) is 8.81. The summed E-state index contributed by atoms with van der Waals surface area (Å²) < 4.78 is 0. The van der Waals surface area contributed by atoms with Gasteiger partial charge >= 0.3 is 0 Å². The number of pyridine rings is 1. The number of nitrogens with one attached hydrogen (secondary N) is 2. The number of para-hydroxylation sites is 1. The zero-order chi connectivity index (χ0) is 12.4. The van der Waals surface area contributed by atoms with Crippen LogP contribution in [0.15, 0.2) is 42.7 Å². The maximum atomic E-state index is 4.41. The molecule has 0 aliphatic heterocycles. The number of H-pyrrole nitrogens is 1. The van der Waals surface area contributed by atoms with Gasteiger partial charge in [0.2, 0.25) is 0 Å². The van der Waals surface area contributed by atoms with Crippen molar-refractivity contribution in [3.63, 3.8) is 0 Å². The molecule has 18 heavy (non-hydrogen) atoms. The molecule has 3 rings (SSSR count).